The van der Waals surface area contributed by atoms with Crippen LogP contribution >= 0.6 is 0 Å². The van der Waals surface area contributed by atoms with E-state index in [2.05, 4.69) is 4.90 Å². The van der Waals surface area contributed by atoms with Gasteiger partial charge in [0.15, 0.2) is 0 Å². The Morgan fingerprint density at radius 3 is 2.21 bits per heavy atom. The van der Waals surface area contributed by atoms with Crippen LogP contribution in [-0.4, -0.2) is 65.8 Å². The fourth-order valence-electron chi connectivity index (χ4n) is 5.33. The molecule has 4 rings (SSSR count). The van der Waals surface area contributed by atoms with Gasteiger partial charge in [-0.15, -0.1) is 0 Å². The van der Waals surface area contributed by atoms with Crippen LogP contribution in [0.2, 0.25) is 0 Å². The number of anilines is 1. The van der Waals surface area contributed by atoms with Crippen molar-refractivity contribution in [3.8, 4) is 0 Å². The van der Waals surface area contributed by atoms with Gasteiger partial charge in [-0.1, -0.05) is 18.2 Å². The molecule has 1 saturated heterocycles. The lowest BCUT2D eigenvalue weighted by atomic mass is 9.68. The first-order chi connectivity index (χ1) is 16.1. The fourth-order valence-corrected chi connectivity index (χ4v) is 5.33. The third-order valence-electron chi connectivity index (χ3n) is 7.26. The summed E-state index contributed by atoms with van der Waals surface area (Å²) in [7, 11) is 0. The second kappa shape index (κ2) is 9.44. The molecule has 186 valence electrons. The molecule has 2 N–H and O–H groups in total. The maximum absolute atomic E-state index is 13.4. The number of amides is 2. The number of esters is 1. The maximum atomic E-state index is 13.4. The second-order valence-electron chi connectivity index (χ2n) is 9.31. The summed E-state index contributed by atoms with van der Waals surface area (Å²) in [4.78, 5) is 41.3. The zero-order valence-corrected chi connectivity index (χ0v) is 18.6. The molecule has 0 aromatic heterocycles. The number of rotatable bonds is 5. The van der Waals surface area contributed by atoms with Gasteiger partial charge in [-0.25, -0.2) is 10.3 Å². The molecule has 2 aliphatic carbocycles. The van der Waals surface area contributed by atoms with Crippen molar-refractivity contribution in [2.24, 2.45) is 17.8 Å². The number of para-hydroxylation sites is 1. The highest BCUT2D eigenvalue weighted by atomic mass is 19.4. The smallest absolute Gasteiger partial charge is 0.452 e. The van der Waals surface area contributed by atoms with Crippen LogP contribution in [0.15, 0.2) is 30.3 Å². The zero-order valence-electron chi connectivity index (χ0n) is 18.6. The Hall–Kier alpha value is -2.82. The molecule has 3 fully saturated rings. The minimum absolute atomic E-state index is 0.0646. The SMILES string of the molecule is O=C(NO)[C@H]1C[C@@](OC(=O)C(F)(F)F)(C2CC2)CC[C@@H]1C(=O)N1CCN(c2ccccc2)CC1. The number of carbonyl (C=O) groups is 3. The van der Waals surface area contributed by atoms with Crippen molar-refractivity contribution >= 4 is 23.5 Å². The van der Waals surface area contributed by atoms with Crippen LogP contribution in [0, 0.1) is 17.8 Å². The van der Waals surface area contributed by atoms with Crippen LogP contribution in [0.5, 0.6) is 0 Å². The molecule has 0 radical (unpaired) electrons. The van der Waals surface area contributed by atoms with Crippen LogP contribution in [0.4, 0.5) is 18.9 Å². The van der Waals surface area contributed by atoms with Crippen molar-refractivity contribution in [1.82, 2.24) is 10.4 Å². The summed E-state index contributed by atoms with van der Waals surface area (Å²) in [5.74, 6) is -5.61. The highest BCUT2D eigenvalue weighted by molar-refractivity contribution is 5.88. The minimum atomic E-state index is -5.15. The van der Waals surface area contributed by atoms with Gasteiger partial charge in [0.25, 0.3) is 0 Å². The molecule has 2 amide bonds. The van der Waals surface area contributed by atoms with Crippen LogP contribution in [0.1, 0.15) is 32.1 Å². The summed E-state index contributed by atoms with van der Waals surface area (Å²) < 4.78 is 43.7. The van der Waals surface area contributed by atoms with E-state index in [0.717, 1.165) is 5.69 Å². The first kappa shape index (κ1) is 24.3. The Morgan fingerprint density at radius 1 is 1.00 bits per heavy atom. The van der Waals surface area contributed by atoms with E-state index < -0.39 is 35.5 Å². The fraction of sp³-hybridized carbons (Fsp3) is 0.609. The highest BCUT2D eigenvalue weighted by Crippen LogP contribution is 2.53. The van der Waals surface area contributed by atoms with Crippen molar-refractivity contribution < 1.29 is 37.5 Å². The normalized spacial score (nSPS) is 27.8. The molecule has 3 atom stereocenters. The van der Waals surface area contributed by atoms with E-state index >= 15 is 0 Å². The number of ether oxygens (including phenoxy) is 1. The van der Waals surface area contributed by atoms with Crippen molar-refractivity contribution in [2.75, 3.05) is 31.1 Å². The van der Waals surface area contributed by atoms with Gasteiger partial charge in [0.1, 0.15) is 5.60 Å². The zero-order chi connectivity index (χ0) is 24.5. The molecule has 0 bridgehead atoms. The van der Waals surface area contributed by atoms with Gasteiger partial charge in [-0.2, -0.15) is 13.2 Å². The summed E-state index contributed by atoms with van der Waals surface area (Å²) in [5, 5.41) is 9.27. The Labute approximate surface area is 195 Å². The second-order valence-corrected chi connectivity index (χ2v) is 9.31. The molecule has 0 spiro atoms. The number of alkyl halides is 3. The van der Waals surface area contributed by atoms with Gasteiger partial charge in [0.05, 0.1) is 11.8 Å². The van der Waals surface area contributed by atoms with Gasteiger partial charge in [-0.05, 0) is 50.2 Å². The number of halogens is 3. The van der Waals surface area contributed by atoms with Gasteiger partial charge in [0, 0.05) is 31.9 Å². The Bertz CT molecular complexity index is 916. The van der Waals surface area contributed by atoms with Crippen LogP contribution < -0.4 is 10.4 Å². The average molecular weight is 483 g/mol. The summed E-state index contributed by atoms with van der Waals surface area (Å²) in [6.45, 7) is 2.09. The molecule has 11 heteroatoms. The molecule has 0 unspecified atom stereocenters. The number of hydroxylamine groups is 1. The summed E-state index contributed by atoms with van der Waals surface area (Å²) in [5.41, 5.74) is 1.13. The Balaban J connectivity index is 1.46. The first-order valence-corrected chi connectivity index (χ1v) is 11.5. The molecule has 1 aromatic carbocycles. The first-order valence-electron chi connectivity index (χ1n) is 11.5. The van der Waals surface area contributed by atoms with Crippen molar-refractivity contribution in [2.45, 2.75) is 43.9 Å². The number of nitrogens with one attached hydrogen (secondary N) is 1. The standard InChI is InChI=1S/C23H28F3N3O5/c24-23(25,26)21(32)34-22(15-6-7-15)9-8-17(18(14-22)19(30)27-33)20(31)29-12-10-28(11-13-29)16-4-2-1-3-5-16/h1-5,15,17-18,33H,6-14H2,(H,27,30)/t17-,18-,22+/m0/s1. The minimum Gasteiger partial charge on any atom is -0.452 e. The lowest BCUT2D eigenvalue weighted by molar-refractivity contribution is -0.222. The molecular formula is C23H28F3N3O5. The van der Waals surface area contributed by atoms with Crippen molar-refractivity contribution in [3.63, 3.8) is 0 Å². The third-order valence-corrected chi connectivity index (χ3v) is 7.26. The number of piperazine rings is 1. The Kier molecular flexibility index (Phi) is 6.75. The van der Waals surface area contributed by atoms with Gasteiger partial charge < -0.3 is 14.5 Å². The molecule has 1 aromatic rings. The van der Waals surface area contributed by atoms with Gasteiger partial charge >= 0.3 is 12.1 Å². The van der Waals surface area contributed by atoms with Gasteiger partial charge in [-0.3, -0.25) is 14.8 Å². The Morgan fingerprint density at radius 2 is 1.65 bits per heavy atom. The maximum Gasteiger partial charge on any atom is 0.490 e. The van der Waals surface area contributed by atoms with E-state index in [9.17, 15) is 32.8 Å². The number of hydrogen-bond donors (Lipinski definition) is 2. The van der Waals surface area contributed by atoms with E-state index in [4.69, 9.17) is 4.74 Å². The molecule has 1 heterocycles. The number of benzene rings is 1. The molecule has 8 nitrogen and oxygen atoms in total. The predicted octanol–water partition coefficient (Wildman–Crippen LogP) is 2.51. The van der Waals surface area contributed by atoms with Crippen molar-refractivity contribution in [1.29, 1.82) is 0 Å². The number of carbonyl (C=O) groups excluding carboxylic acids is 3. The van der Waals surface area contributed by atoms with Crippen LogP contribution in [-0.2, 0) is 19.1 Å². The lowest BCUT2D eigenvalue weighted by Gasteiger charge is -2.45. The average Bonchev–Trinajstić information content (AvgIpc) is 3.69. The quantitative estimate of drug-likeness (QED) is 0.379. The number of nitrogens with zero attached hydrogens (tertiary/aromatic N) is 2. The largest absolute Gasteiger partial charge is 0.490 e. The molecule has 3 aliphatic rings. The van der Waals surface area contributed by atoms with Crippen LogP contribution in [0.3, 0.4) is 0 Å². The molecule has 1 aliphatic heterocycles. The van der Waals surface area contributed by atoms with E-state index in [0.29, 0.717) is 39.0 Å². The van der Waals surface area contributed by atoms with E-state index in [-0.39, 0.29) is 31.1 Å². The lowest BCUT2D eigenvalue weighted by Crippen LogP contribution is -2.56. The predicted molar refractivity (Wildman–Crippen MR) is 114 cm³/mol. The van der Waals surface area contributed by atoms with Gasteiger partial charge in [0.2, 0.25) is 11.8 Å². The highest BCUT2D eigenvalue weighted by Gasteiger charge is 2.58. The summed E-state index contributed by atoms with van der Waals surface area (Å²) >= 11 is 0. The van der Waals surface area contributed by atoms with E-state index in [1.807, 2.05) is 30.3 Å². The van der Waals surface area contributed by atoms with Crippen molar-refractivity contribution in [3.05, 3.63) is 30.3 Å². The third kappa shape index (κ3) is 4.98. The summed E-state index contributed by atoms with van der Waals surface area (Å²) in [6.07, 6.45) is -4.06. The van der Waals surface area contributed by atoms with Crippen LogP contribution in [0.25, 0.3) is 0 Å². The summed E-state index contributed by atoms with van der Waals surface area (Å²) in [6, 6.07) is 9.77. The van der Waals surface area contributed by atoms with E-state index in [1.165, 1.54) is 0 Å². The monoisotopic (exact) mass is 483 g/mol. The topological polar surface area (TPSA) is 99.2 Å². The molecule has 34 heavy (non-hydrogen) atoms. The molecule has 2 saturated carbocycles. The molecular weight excluding hydrogens is 455 g/mol. The van der Waals surface area contributed by atoms with E-state index in [1.54, 1.807) is 10.4 Å². The number of hydrogen-bond acceptors (Lipinski definition) is 6.